The summed E-state index contributed by atoms with van der Waals surface area (Å²) >= 11 is 0. The summed E-state index contributed by atoms with van der Waals surface area (Å²) < 4.78 is 28.2. The molecular formula is C27H32N8O2S. The summed E-state index contributed by atoms with van der Waals surface area (Å²) in [6.45, 7) is 8.36. The Morgan fingerprint density at radius 1 is 1.08 bits per heavy atom. The molecule has 0 spiro atoms. The second-order valence-corrected chi connectivity index (χ2v) is 12.5. The molecule has 2 fully saturated rings. The minimum atomic E-state index is -3.10. The zero-order chi connectivity index (χ0) is 26.6. The van der Waals surface area contributed by atoms with Crippen molar-refractivity contribution in [1.82, 2.24) is 29.0 Å². The zero-order valence-electron chi connectivity index (χ0n) is 22.1. The van der Waals surface area contributed by atoms with Crippen molar-refractivity contribution < 1.29 is 8.42 Å². The highest BCUT2D eigenvalue weighted by molar-refractivity contribution is 7.89. The number of benzene rings is 1. The summed E-state index contributed by atoms with van der Waals surface area (Å²) in [4.78, 5) is 16.1. The fraction of sp³-hybridized carbons (Fsp3) is 0.407. The molecule has 1 N–H and O–H groups in total. The number of hydrogen-bond acceptors (Lipinski definition) is 8. The third-order valence-corrected chi connectivity index (χ3v) is 9.45. The van der Waals surface area contributed by atoms with E-state index in [1.165, 1.54) is 5.56 Å². The van der Waals surface area contributed by atoms with Crippen LogP contribution in [0.4, 0.5) is 17.3 Å². The van der Waals surface area contributed by atoms with Crippen molar-refractivity contribution >= 4 is 38.1 Å². The maximum atomic E-state index is 12.4. The summed E-state index contributed by atoms with van der Waals surface area (Å²) in [7, 11) is -1.22. The van der Waals surface area contributed by atoms with E-state index in [0.717, 1.165) is 34.1 Å². The normalized spacial score (nSPS) is 17.9. The summed E-state index contributed by atoms with van der Waals surface area (Å²) in [5, 5.41) is 9.95. The Labute approximate surface area is 222 Å². The van der Waals surface area contributed by atoms with Crippen LogP contribution in [-0.4, -0.2) is 68.9 Å². The first-order valence-corrected chi connectivity index (χ1v) is 14.6. The van der Waals surface area contributed by atoms with Crippen LogP contribution in [0, 0.1) is 6.92 Å². The van der Waals surface area contributed by atoms with Crippen LogP contribution in [0.1, 0.15) is 37.4 Å². The maximum Gasteiger partial charge on any atom is 0.214 e. The third-order valence-electron chi connectivity index (χ3n) is 7.45. The first-order chi connectivity index (χ1) is 18.2. The van der Waals surface area contributed by atoms with E-state index in [9.17, 15) is 8.42 Å². The lowest BCUT2D eigenvalue weighted by atomic mass is 9.94. The van der Waals surface area contributed by atoms with Gasteiger partial charge >= 0.3 is 0 Å². The van der Waals surface area contributed by atoms with Crippen molar-refractivity contribution in [2.75, 3.05) is 35.6 Å². The number of aromatic nitrogens is 5. The van der Waals surface area contributed by atoms with Crippen LogP contribution in [-0.2, 0) is 17.1 Å². The molecule has 1 aromatic carbocycles. The first kappa shape index (κ1) is 24.7. The summed E-state index contributed by atoms with van der Waals surface area (Å²) in [6, 6.07) is 8.28. The van der Waals surface area contributed by atoms with E-state index < -0.39 is 10.0 Å². The lowest BCUT2D eigenvalue weighted by molar-refractivity contribution is 0.289. The Hall–Kier alpha value is -3.57. The number of sulfonamides is 1. The fourth-order valence-electron chi connectivity index (χ4n) is 5.51. The van der Waals surface area contributed by atoms with Crippen molar-refractivity contribution in [2.24, 2.45) is 7.05 Å². The average Bonchev–Trinajstić information content (AvgIpc) is 3.37. The van der Waals surface area contributed by atoms with Gasteiger partial charge in [-0.3, -0.25) is 4.68 Å². The molecule has 2 saturated heterocycles. The van der Waals surface area contributed by atoms with Gasteiger partial charge in [0.05, 0.1) is 23.1 Å². The largest absolute Gasteiger partial charge is 0.368 e. The van der Waals surface area contributed by atoms with E-state index in [2.05, 4.69) is 52.3 Å². The summed E-state index contributed by atoms with van der Waals surface area (Å²) in [5.41, 5.74) is 4.09. The molecule has 0 bridgehead atoms. The van der Waals surface area contributed by atoms with E-state index in [1.807, 2.05) is 32.4 Å². The van der Waals surface area contributed by atoms with Gasteiger partial charge in [-0.1, -0.05) is 19.9 Å². The van der Waals surface area contributed by atoms with E-state index in [4.69, 9.17) is 9.97 Å². The van der Waals surface area contributed by atoms with Crippen molar-refractivity contribution in [1.29, 1.82) is 0 Å². The SMILES string of the molecule is Cc1nn(C)cc1-c1nccc(Nc2cc3c(C(C)C)ccc(N4CC(N5CCCS5(=O)=O)C4)c3cn2)n1. The topological polar surface area (TPSA) is 109 Å². The number of hydrogen-bond donors (Lipinski definition) is 1. The number of pyridine rings is 1. The van der Waals surface area contributed by atoms with Gasteiger partial charge in [-0.15, -0.1) is 0 Å². The highest BCUT2D eigenvalue weighted by Crippen LogP contribution is 2.37. The first-order valence-electron chi connectivity index (χ1n) is 13.0. The molecule has 2 aliphatic heterocycles. The molecule has 4 aromatic rings. The van der Waals surface area contributed by atoms with Gasteiger partial charge < -0.3 is 10.2 Å². The molecule has 10 nitrogen and oxygen atoms in total. The lowest BCUT2D eigenvalue weighted by Gasteiger charge is -2.45. The van der Waals surface area contributed by atoms with Crippen LogP contribution < -0.4 is 10.2 Å². The van der Waals surface area contributed by atoms with Gasteiger partial charge in [0, 0.05) is 56.3 Å². The number of nitrogens with zero attached hydrogens (tertiary/aromatic N) is 7. The molecule has 0 radical (unpaired) electrons. The predicted octanol–water partition coefficient (Wildman–Crippen LogP) is 3.82. The summed E-state index contributed by atoms with van der Waals surface area (Å²) in [5.74, 6) is 2.57. The van der Waals surface area contributed by atoms with Crippen molar-refractivity contribution in [3.63, 3.8) is 0 Å². The number of fused-ring (bicyclic) bond motifs is 1. The van der Waals surface area contributed by atoms with Gasteiger partial charge in [-0.05, 0) is 48.4 Å². The van der Waals surface area contributed by atoms with E-state index in [0.29, 0.717) is 43.0 Å². The molecule has 0 atom stereocenters. The fourth-order valence-corrected chi connectivity index (χ4v) is 7.23. The van der Waals surface area contributed by atoms with Crippen LogP contribution in [0.3, 0.4) is 0 Å². The van der Waals surface area contributed by atoms with Gasteiger partial charge in [0.25, 0.3) is 0 Å². The van der Waals surface area contributed by atoms with Gasteiger partial charge in [0.15, 0.2) is 5.82 Å². The van der Waals surface area contributed by atoms with E-state index >= 15 is 0 Å². The van der Waals surface area contributed by atoms with Crippen LogP contribution in [0.2, 0.25) is 0 Å². The van der Waals surface area contributed by atoms with E-state index in [-0.39, 0.29) is 11.8 Å². The van der Waals surface area contributed by atoms with Gasteiger partial charge in [-0.2, -0.15) is 9.40 Å². The molecule has 38 heavy (non-hydrogen) atoms. The quantitative estimate of drug-likeness (QED) is 0.399. The summed E-state index contributed by atoms with van der Waals surface area (Å²) in [6.07, 6.45) is 6.28. The molecule has 2 aliphatic rings. The number of rotatable bonds is 6. The molecule has 198 valence electrons. The van der Waals surface area contributed by atoms with Crippen LogP contribution in [0.5, 0.6) is 0 Å². The third kappa shape index (κ3) is 4.39. The Bertz CT molecular complexity index is 1630. The number of anilines is 3. The van der Waals surface area contributed by atoms with Gasteiger partial charge in [-0.25, -0.2) is 23.4 Å². The second-order valence-electron chi connectivity index (χ2n) is 10.5. The smallest absolute Gasteiger partial charge is 0.214 e. The molecule has 0 saturated carbocycles. The molecule has 5 heterocycles. The molecule has 0 aliphatic carbocycles. The molecule has 3 aromatic heterocycles. The van der Waals surface area contributed by atoms with Crippen LogP contribution >= 0.6 is 0 Å². The molecule has 11 heteroatoms. The Morgan fingerprint density at radius 2 is 1.89 bits per heavy atom. The number of nitrogens with one attached hydrogen (secondary N) is 1. The lowest BCUT2D eigenvalue weighted by Crippen LogP contribution is -2.59. The molecule has 0 unspecified atom stereocenters. The molecule has 0 amide bonds. The standard InChI is InChI=1S/C27H32N8O2S/c1-17(2)20-6-7-24(34-14-19(15-34)35-10-5-11-38(35,36)37)22-13-29-26(12-21(20)22)30-25-8-9-28-27(31-25)23-16-33(4)32-18(23)3/h6-9,12-13,16-17,19H,5,10-11,14-15H2,1-4H3,(H,28,29,30,31). The second kappa shape index (κ2) is 9.32. The highest BCUT2D eigenvalue weighted by atomic mass is 32.2. The highest BCUT2D eigenvalue weighted by Gasteiger charge is 2.41. The maximum absolute atomic E-state index is 12.4. The van der Waals surface area contributed by atoms with Crippen molar-refractivity contribution in [3.05, 3.63) is 54.1 Å². The van der Waals surface area contributed by atoms with Crippen LogP contribution in [0.25, 0.3) is 22.2 Å². The Kier molecular flexibility index (Phi) is 6.07. The van der Waals surface area contributed by atoms with Gasteiger partial charge in [0.2, 0.25) is 10.0 Å². The minimum absolute atomic E-state index is 0.0478. The average molecular weight is 533 g/mol. The molecular weight excluding hydrogens is 500 g/mol. The van der Waals surface area contributed by atoms with Crippen LogP contribution in [0.15, 0.2) is 42.9 Å². The minimum Gasteiger partial charge on any atom is -0.368 e. The Morgan fingerprint density at radius 3 is 2.58 bits per heavy atom. The van der Waals surface area contributed by atoms with Crippen molar-refractivity contribution in [3.8, 4) is 11.4 Å². The Balaban J connectivity index is 1.29. The van der Waals surface area contributed by atoms with Gasteiger partial charge in [0.1, 0.15) is 11.6 Å². The number of aryl methyl sites for hydroxylation is 2. The predicted molar refractivity (Wildman–Crippen MR) is 149 cm³/mol. The monoisotopic (exact) mass is 532 g/mol. The molecule has 6 rings (SSSR count). The van der Waals surface area contributed by atoms with Crippen molar-refractivity contribution in [2.45, 2.75) is 39.2 Å². The van der Waals surface area contributed by atoms with E-state index in [1.54, 1.807) is 15.2 Å². The zero-order valence-corrected chi connectivity index (χ0v) is 22.9.